The van der Waals surface area contributed by atoms with Crippen LogP contribution in [0.15, 0.2) is 30.3 Å². The van der Waals surface area contributed by atoms with E-state index in [1.54, 1.807) is 17.4 Å². The average Bonchev–Trinajstić information content (AvgIpc) is 3.30. The average molecular weight is 430 g/mol. The summed E-state index contributed by atoms with van der Waals surface area (Å²) >= 11 is 7.59. The van der Waals surface area contributed by atoms with Gasteiger partial charge in [0.2, 0.25) is 16.2 Å². The third kappa shape index (κ3) is 4.16. The Hall–Kier alpha value is -2.38. The van der Waals surface area contributed by atoms with E-state index in [1.165, 1.54) is 0 Å². The predicted molar refractivity (Wildman–Crippen MR) is 118 cm³/mol. The fraction of sp³-hybridized carbons (Fsp3) is 0.381. The van der Waals surface area contributed by atoms with Crippen molar-refractivity contribution in [2.45, 2.75) is 33.6 Å². The monoisotopic (exact) mass is 429 g/mol. The molecule has 2 aromatic heterocycles. The Balaban J connectivity index is 1.38. The van der Waals surface area contributed by atoms with E-state index in [0.717, 1.165) is 58.8 Å². The lowest BCUT2D eigenvalue weighted by Crippen LogP contribution is -2.38. The van der Waals surface area contributed by atoms with E-state index in [1.807, 2.05) is 19.1 Å². The zero-order valence-corrected chi connectivity index (χ0v) is 18.3. The van der Waals surface area contributed by atoms with Gasteiger partial charge in [-0.2, -0.15) is 0 Å². The number of benzene rings is 1. The Kier molecular flexibility index (Phi) is 5.61. The van der Waals surface area contributed by atoms with Gasteiger partial charge in [-0.05, 0) is 69.5 Å². The maximum atomic E-state index is 12.7. The van der Waals surface area contributed by atoms with Crippen molar-refractivity contribution < 1.29 is 4.79 Å². The van der Waals surface area contributed by atoms with E-state index in [2.05, 4.69) is 51.0 Å². The number of halogens is 1. The fourth-order valence-corrected chi connectivity index (χ4v) is 4.98. The standard InChI is InChI=1S/C21H24ClN5OS/c1-13-12-17(22)6-7-18(13)23-19(28)16-8-10-26(11-9-16)20-24-25-21(29-20)27-14(2)4-5-15(27)3/h4-7,12,16H,8-11H2,1-3H3,(H,23,28). The van der Waals surface area contributed by atoms with Crippen LogP contribution < -0.4 is 10.2 Å². The van der Waals surface area contributed by atoms with Crippen LogP contribution in [0.2, 0.25) is 5.02 Å². The fourth-order valence-electron chi connectivity index (χ4n) is 3.73. The molecule has 0 unspecified atom stereocenters. The van der Waals surface area contributed by atoms with Crippen LogP contribution in [0.1, 0.15) is 29.8 Å². The molecule has 1 fully saturated rings. The Morgan fingerprint density at radius 2 is 1.72 bits per heavy atom. The Morgan fingerprint density at radius 3 is 2.38 bits per heavy atom. The van der Waals surface area contributed by atoms with Crippen molar-refractivity contribution in [3.8, 4) is 5.13 Å². The molecule has 0 aliphatic carbocycles. The minimum absolute atomic E-state index is 0.00246. The lowest BCUT2D eigenvalue weighted by molar-refractivity contribution is -0.120. The van der Waals surface area contributed by atoms with Crippen LogP contribution >= 0.6 is 22.9 Å². The molecule has 1 aliphatic heterocycles. The van der Waals surface area contributed by atoms with Crippen molar-refractivity contribution in [2.24, 2.45) is 5.92 Å². The number of piperidine rings is 1. The lowest BCUT2D eigenvalue weighted by atomic mass is 9.96. The number of nitrogens with zero attached hydrogens (tertiary/aromatic N) is 4. The number of rotatable bonds is 4. The summed E-state index contributed by atoms with van der Waals surface area (Å²) in [6, 6.07) is 9.69. The second kappa shape index (κ2) is 8.16. The molecule has 1 aromatic carbocycles. The molecule has 8 heteroatoms. The largest absolute Gasteiger partial charge is 0.347 e. The number of aryl methyl sites for hydroxylation is 3. The maximum absolute atomic E-state index is 12.7. The molecule has 1 N–H and O–H groups in total. The number of carbonyl (C=O) groups excluding carboxylic acids is 1. The van der Waals surface area contributed by atoms with Gasteiger partial charge in [0.1, 0.15) is 0 Å². The van der Waals surface area contributed by atoms with Gasteiger partial charge in [0.05, 0.1) is 0 Å². The summed E-state index contributed by atoms with van der Waals surface area (Å²) in [5.41, 5.74) is 4.10. The molecule has 152 valence electrons. The minimum Gasteiger partial charge on any atom is -0.347 e. The van der Waals surface area contributed by atoms with Gasteiger partial charge < -0.3 is 10.2 Å². The van der Waals surface area contributed by atoms with Crippen LogP contribution in [0, 0.1) is 26.7 Å². The zero-order valence-electron chi connectivity index (χ0n) is 16.8. The van der Waals surface area contributed by atoms with Crippen molar-refractivity contribution in [3.05, 3.63) is 52.3 Å². The third-order valence-corrected chi connectivity index (χ3v) is 6.65. The molecule has 6 nitrogen and oxygen atoms in total. The highest BCUT2D eigenvalue weighted by Gasteiger charge is 2.27. The number of aromatic nitrogens is 3. The van der Waals surface area contributed by atoms with E-state index < -0.39 is 0 Å². The Labute approximate surface area is 179 Å². The minimum atomic E-state index is 0.00246. The van der Waals surface area contributed by atoms with Gasteiger partial charge in [-0.3, -0.25) is 9.36 Å². The highest BCUT2D eigenvalue weighted by atomic mass is 35.5. The molecule has 29 heavy (non-hydrogen) atoms. The van der Waals surface area contributed by atoms with Gasteiger partial charge in [0.15, 0.2) is 0 Å². The first-order valence-electron chi connectivity index (χ1n) is 9.73. The molecule has 1 saturated heterocycles. The van der Waals surface area contributed by atoms with Gasteiger partial charge in [-0.1, -0.05) is 22.9 Å². The SMILES string of the molecule is Cc1cc(Cl)ccc1NC(=O)C1CCN(c2nnc(-n3c(C)ccc3C)s2)CC1. The molecule has 1 amide bonds. The number of nitrogens with one attached hydrogen (secondary N) is 1. The molecule has 4 rings (SSSR count). The van der Waals surface area contributed by atoms with Crippen LogP contribution in [0.3, 0.4) is 0 Å². The Morgan fingerprint density at radius 1 is 1.07 bits per heavy atom. The number of carbonyl (C=O) groups is 1. The molecule has 0 radical (unpaired) electrons. The first-order chi connectivity index (χ1) is 13.9. The summed E-state index contributed by atoms with van der Waals surface area (Å²) in [4.78, 5) is 14.9. The highest BCUT2D eigenvalue weighted by Crippen LogP contribution is 2.30. The second-order valence-corrected chi connectivity index (χ2v) is 8.90. The summed E-state index contributed by atoms with van der Waals surface area (Å²) in [6.45, 7) is 7.69. The highest BCUT2D eigenvalue weighted by molar-refractivity contribution is 7.17. The van der Waals surface area contributed by atoms with Crippen molar-refractivity contribution in [2.75, 3.05) is 23.3 Å². The molecule has 0 atom stereocenters. The first-order valence-corrected chi connectivity index (χ1v) is 10.9. The quantitative estimate of drug-likeness (QED) is 0.649. The van der Waals surface area contributed by atoms with Crippen molar-refractivity contribution in [3.63, 3.8) is 0 Å². The normalized spacial score (nSPS) is 15.0. The molecule has 3 heterocycles. The van der Waals surface area contributed by atoms with Gasteiger partial charge in [0.25, 0.3) is 0 Å². The summed E-state index contributed by atoms with van der Waals surface area (Å²) < 4.78 is 2.12. The van der Waals surface area contributed by atoms with Gasteiger partial charge >= 0.3 is 0 Å². The molecule has 3 aromatic rings. The number of hydrogen-bond acceptors (Lipinski definition) is 5. The lowest BCUT2D eigenvalue weighted by Gasteiger charge is -2.30. The zero-order chi connectivity index (χ0) is 20.5. The number of hydrogen-bond donors (Lipinski definition) is 1. The Bertz CT molecular complexity index is 1020. The summed E-state index contributed by atoms with van der Waals surface area (Å²) in [7, 11) is 0. The number of amides is 1. The molecular weight excluding hydrogens is 406 g/mol. The molecule has 0 spiro atoms. The summed E-state index contributed by atoms with van der Waals surface area (Å²) in [6.07, 6.45) is 1.60. The summed E-state index contributed by atoms with van der Waals surface area (Å²) in [5.74, 6) is 0.0780. The molecule has 0 bridgehead atoms. The first kappa shape index (κ1) is 19.9. The van der Waals surface area contributed by atoms with Crippen LogP contribution in [0.4, 0.5) is 10.8 Å². The van der Waals surface area contributed by atoms with Crippen molar-refractivity contribution in [1.29, 1.82) is 0 Å². The molecular formula is C21H24ClN5OS. The van der Waals surface area contributed by atoms with Gasteiger partial charge in [-0.15, -0.1) is 10.2 Å². The molecule has 0 saturated carbocycles. The van der Waals surface area contributed by atoms with E-state index in [4.69, 9.17) is 11.6 Å². The van der Waals surface area contributed by atoms with Crippen LogP contribution in [0.25, 0.3) is 5.13 Å². The second-order valence-electron chi connectivity index (χ2n) is 7.53. The van der Waals surface area contributed by atoms with E-state index >= 15 is 0 Å². The maximum Gasteiger partial charge on any atom is 0.227 e. The molecule has 1 aliphatic rings. The van der Waals surface area contributed by atoms with Crippen LogP contribution in [-0.4, -0.2) is 33.8 Å². The van der Waals surface area contributed by atoms with E-state index in [0.29, 0.717) is 5.02 Å². The van der Waals surface area contributed by atoms with Gasteiger partial charge in [0, 0.05) is 41.1 Å². The topological polar surface area (TPSA) is 63.1 Å². The van der Waals surface area contributed by atoms with E-state index in [9.17, 15) is 4.79 Å². The van der Waals surface area contributed by atoms with Crippen LogP contribution in [-0.2, 0) is 4.79 Å². The van der Waals surface area contributed by atoms with E-state index in [-0.39, 0.29) is 11.8 Å². The predicted octanol–water partition coefficient (Wildman–Crippen LogP) is 4.76. The smallest absolute Gasteiger partial charge is 0.227 e. The van der Waals surface area contributed by atoms with Crippen molar-refractivity contribution in [1.82, 2.24) is 14.8 Å². The van der Waals surface area contributed by atoms with Crippen LogP contribution in [0.5, 0.6) is 0 Å². The third-order valence-electron chi connectivity index (χ3n) is 5.45. The summed E-state index contributed by atoms with van der Waals surface area (Å²) in [5, 5.41) is 14.3. The van der Waals surface area contributed by atoms with Gasteiger partial charge in [-0.25, -0.2) is 0 Å². The number of anilines is 2. The van der Waals surface area contributed by atoms with Crippen molar-refractivity contribution >= 4 is 39.7 Å².